The number of nitrogens with zero attached hydrogens (tertiary/aromatic N) is 4. The Hall–Kier alpha value is -3.48. The van der Waals surface area contributed by atoms with Gasteiger partial charge in [-0.05, 0) is 42.8 Å². The maximum Gasteiger partial charge on any atom is 0.245 e. The molecule has 8 heteroatoms. The van der Waals surface area contributed by atoms with Crippen LogP contribution in [0.3, 0.4) is 0 Å². The zero-order valence-electron chi connectivity index (χ0n) is 16.9. The quantitative estimate of drug-likeness (QED) is 0.300. The van der Waals surface area contributed by atoms with Gasteiger partial charge < -0.3 is 8.98 Å². The molecular formula is C24H16Cl2N4O2. The van der Waals surface area contributed by atoms with Gasteiger partial charge in [0.15, 0.2) is 5.76 Å². The lowest BCUT2D eigenvalue weighted by molar-refractivity contribution is 0.101. The van der Waals surface area contributed by atoms with E-state index in [9.17, 15) is 4.79 Å². The predicted octanol–water partition coefficient (Wildman–Crippen LogP) is 5.98. The zero-order valence-corrected chi connectivity index (χ0v) is 18.4. The van der Waals surface area contributed by atoms with Crippen molar-refractivity contribution in [3.63, 3.8) is 0 Å². The number of carbonyl (C=O) groups excluding carboxylic acids is 1. The average molecular weight is 463 g/mol. The van der Waals surface area contributed by atoms with Crippen molar-refractivity contribution < 1.29 is 9.21 Å². The molecule has 2 aromatic carbocycles. The van der Waals surface area contributed by atoms with E-state index in [0.29, 0.717) is 28.0 Å². The highest BCUT2D eigenvalue weighted by Gasteiger charge is 2.26. The summed E-state index contributed by atoms with van der Waals surface area (Å²) in [4.78, 5) is 25.7. The fourth-order valence-electron chi connectivity index (χ4n) is 3.62. The summed E-state index contributed by atoms with van der Waals surface area (Å²) in [5, 5.41) is 1.76. The minimum atomic E-state index is -0.340. The second-order valence-corrected chi connectivity index (χ2v) is 8.15. The lowest BCUT2D eigenvalue weighted by Crippen LogP contribution is -2.03. The van der Waals surface area contributed by atoms with Gasteiger partial charge in [0.1, 0.15) is 17.2 Å². The lowest BCUT2D eigenvalue weighted by atomic mass is 10.1. The molecule has 0 saturated heterocycles. The third-order valence-electron chi connectivity index (χ3n) is 5.17. The van der Waals surface area contributed by atoms with Gasteiger partial charge in [0.2, 0.25) is 11.7 Å². The third kappa shape index (κ3) is 3.68. The summed E-state index contributed by atoms with van der Waals surface area (Å²) in [5.74, 6) is -0.00576. The number of halogens is 2. The molecule has 158 valence electrons. The summed E-state index contributed by atoms with van der Waals surface area (Å²) in [7, 11) is 0. The summed E-state index contributed by atoms with van der Waals surface area (Å²) in [6.45, 7) is 2.46. The molecule has 0 fully saturated rings. The molecule has 3 aromatic heterocycles. The first-order chi connectivity index (χ1) is 15.5. The van der Waals surface area contributed by atoms with Crippen LogP contribution in [0.4, 0.5) is 0 Å². The highest BCUT2D eigenvalue weighted by Crippen LogP contribution is 2.34. The van der Waals surface area contributed by atoms with Crippen LogP contribution in [0.25, 0.3) is 22.5 Å². The highest BCUT2D eigenvalue weighted by molar-refractivity contribution is 6.37. The Balaban J connectivity index is 1.60. The molecule has 0 aliphatic heterocycles. The van der Waals surface area contributed by atoms with E-state index in [4.69, 9.17) is 27.6 Å². The molecule has 0 aliphatic carbocycles. The third-order valence-corrected chi connectivity index (χ3v) is 5.81. The first kappa shape index (κ1) is 20.4. The van der Waals surface area contributed by atoms with E-state index in [1.54, 1.807) is 12.3 Å². The first-order valence-corrected chi connectivity index (χ1v) is 10.6. The molecule has 0 radical (unpaired) electrons. The SMILES string of the molecule is Cc1ccc2c(c1)c(C(=O)c1cnc(-c3ccncn3)o1)c(Cl)n2Cc1ccc(Cl)cc1. The standard InChI is InChI=1S/C24H16Cl2N4O2/c1-14-2-7-19-17(10-14)21(23(26)30(19)12-15-3-5-16(25)6-4-15)22(31)20-11-28-24(32-20)18-8-9-27-13-29-18/h2-11,13H,12H2,1H3. The Morgan fingerprint density at radius 2 is 1.88 bits per heavy atom. The topological polar surface area (TPSA) is 73.8 Å². The van der Waals surface area contributed by atoms with Gasteiger partial charge in [-0.2, -0.15) is 0 Å². The number of rotatable bonds is 5. The van der Waals surface area contributed by atoms with Gasteiger partial charge in [-0.3, -0.25) is 4.79 Å². The van der Waals surface area contributed by atoms with Gasteiger partial charge in [0.25, 0.3) is 0 Å². The Morgan fingerprint density at radius 1 is 1.06 bits per heavy atom. The molecular weight excluding hydrogens is 447 g/mol. The Labute approximate surface area is 193 Å². The molecule has 0 unspecified atom stereocenters. The van der Waals surface area contributed by atoms with E-state index in [1.807, 2.05) is 54.0 Å². The summed E-state index contributed by atoms with van der Waals surface area (Å²) in [5.41, 5.74) is 3.76. The summed E-state index contributed by atoms with van der Waals surface area (Å²) in [6.07, 6.45) is 4.37. The number of fused-ring (bicyclic) bond motifs is 1. The molecule has 0 aliphatic rings. The number of oxazole rings is 1. The fourth-order valence-corrected chi connectivity index (χ4v) is 4.08. The molecule has 0 amide bonds. The second-order valence-electron chi connectivity index (χ2n) is 7.35. The van der Waals surface area contributed by atoms with Crippen LogP contribution in [0.15, 0.2) is 71.7 Å². The largest absolute Gasteiger partial charge is 0.431 e. The van der Waals surface area contributed by atoms with E-state index < -0.39 is 0 Å². The van der Waals surface area contributed by atoms with Crippen molar-refractivity contribution in [3.05, 3.63) is 99.9 Å². The maximum absolute atomic E-state index is 13.5. The number of carbonyl (C=O) groups is 1. The van der Waals surface area contributed by atoms with Crippen molar-refractivity contribution in [1.29, 1.82) is 0 Å². The van der Waals surface area contributed by atoms with Gasteiger partial charge in [0, 0.05) is 23.2 Å². The maximum atomic E-state index is 13.5. The molecule has 0 atom stereocenters. The molecule has 3 heterocycles. The van der Waals surface area contributed by atoms with Crippen molar-refractivity contribution in [2.45, 2.75) is 13.5 Å². The van der Waals surface area contributed by atoms with Crippen molar-refractivity contribution in [1.82, 2.24) is 19.5 Å². The van der Waals surface area contributed by atoms with Gasteiger partial charge in [0.05, 0.1) is 17.3 Å². The monoisotopic (exact) mass is 462 g/mol. The molecule has 0 N–H and O–H groups in total. The minimum absolute atomic E-state index is 0.0903. The molecule has 0 bridgehead atoms. The van der Waals surface area contributed by atoms with Crippen LogP contribution in [0.1, 0.15) is 27.2 Å². The smallest absolute Gasteiger partial charge is 0.245 e. The van der Waals surface area contributed by atoms with E-state index in [0.717, 1.165) is 22.0 Å². The zero-order chi connectivity index (χ0) is 22.2. The van der Waals surface area contributed by atoms with E-state index in [2.05, 4.69) is 15.0 Å². The number of aryl methyl sites for hydroxylation is 1. The van der Waals surface area contributed by atoms with Crippen LogP contribution in [-0.2, 0) is 6.54 Å². The fraction of sp³-hybridized carbons (Fsp3) is 0.0833. The van der Waals surface area contributed by atoms with Gasteiger partial charge in [-0.15, -0.1) is 0 Å². The molecule has 5 aromatic rings. The minimum Gasteiger partial charge on any atom is -0.431 e. The number of ketones is 1. The normalized spacial score (nSPS) is 11.2. The molecule has 6 nitrogen and oxygen atoms in total. The van der Waals surface area contributed by atoms with Crippen LogP contribution >= 0.6 is 23.2 Å². The summed E-state index contributed by atoms with van der Waals surface area (Å²) >= 11 is 12.8. The van der Waals surface area contributed by atoms with Gasteiger partial charge >= 0.3 is 0 Å². The van der Waals surface area contributed by atoms with Crippen LogP contribution in [-0.4, -0.2) is 25.3 Å². The van der Waals surface area contributed by atoms with Crippen molar-refractivity contribution in [3.8, 4) is 11.6 Å². The Bertz CT molecular complexity index is 1440. The molecule has 5 rings (SSSR count). The second kappa shape index (κ2) is 8.22. The number of aromatic nitrogens is 4. The van der Waals surface area contributed by atoms with Crippen LogP contribution in [0.2, 0.25) is 10.2 Å². The Morgan fingerprint density at radius 3 is 2.62 bits per heavy atom. The van der Waals surface area contributed by atoms with Crippen molar-refractivity contribution in [2.75, 3.05) is 0 Å². The summed E-state index contributed by atoms with van der Waals surface area (Å²) in [6, 6.07) is 15.1. The lowest BCUT2D eigenvalue weighted by Gasteiger charge is -2.08. The predicted molar refractivity (Wildman–Crippen MR) is 123 cm³/mol. The van der Waals surface area contributed by atoms with Crippen LogP contribution in [0, 0.1) is 6.92 Å². The van der Waals surface area contributed by atoms with E-state index >= 15 is 0 Å². The van der Waals surface area contributed by atoms with Crippen molar-refractivity contribution in [2.24, 2.45) is 0 Å². The molecule has 0 spiro atoms. The van der Waals surface area contributed by atoms with Crippen molar-refractivity contribution >= 4 is 39.9 Å². The van der Waals surface area contributed by atoms with E-state index in [-0.39, 0.29) is 17.4 Å². The van der Waals surface area contributed by atoms with Gasteiger partial charge in [-0.1, -0.05) is 47.0 Å². The van der Waals surface area contributed by atoms with Crippen LogP contribution < -0.4 is 0 Å². The average Bonchev–Trinajstić information content (AvgIpc) is 3.39. The highest BCUT2D eigenvalue weighted by atomic mass is 35.5. The summed E-state index contributed by atoms with van der Waals surface area (Å²) < 4.78 is 7.64. The van der Waals surface area contributed by atoms with Gasteiger partial charge in [-0.25, -0.2) is 15.0 Å². The first-order valence-electron chi connectivity index (χ1n) is 9.81. The number of hydrogen-bond donors (Lipinski definition) is 0. The number of benzene rings is 2. The van der Waals surface area contributed by atoms with E-state index in [1.165, 1.54) is 12.5 Å². The Kier molecular flexibility index (Phi) is 5.25. The molecule has 0 saturated carbocycles. The van der Waals surface area contributed by atoms with Crippen LogP contribution in [0.5, 0.6) is 0 Å². The number of hydrogen-bond acceptors (Lipinski definition) is 5. The molecule has 32 heavy (non-hydrogen) atoms.